The van der Waals surface area contributed by atoms with Crippen molar-refractivity contribution in [3.8, 4) is 17.1 Å². The Balaban J connectivity index is 1.71. The number of rotatable bonds is 5. The predicted molar refractivity (Wildman–Crippen MR) is 134 cm³/mol. The molecule has 1 aromatic heterocycles. The molecular weight excluding hydrogens is 490 g/mol. The minimum absolute atomic E-state index is 0.105. The molecule has 0 aliphatic heterocycles. The Bertz CT molecular complexity index is 1160. The minimum atomic E-state index is 0.105. The zero-order chi connectivity index (χ0) is 22.0. The quantitative estimate of drug-likeness (QED) is 0.254. The first-order valence-electron chi connectivity index (χ1n) is 10.0. The normalized spacial score (nSPS) is 11.6. The summed E-state index contributed by atoms with van der Waals surface area (Å²) in [7, 11) is 0. The van der Waals surface area contributed by atoms with Crippen molar-refractivity contribution in [1.29, 1.82) is 0 Å². The molecule has 4 rings (SSSR count). The summed E-state index contributed by atoms with van der Waals surface area (Å²) in [6.45, 7) is 6.65. The van der Waals surface area contributed by atoms with Gasteiger partial charge in [-0.25, -0.2) is 0 Å². The van der Waals surface area contributed by atoms with Crippen LogP contribution in [0.1, 0.15) is 31.9 Å². The first kappa shape index (κ1) is 22.1. The van der Waals surface area contributed by atoms with Crippen molar-refractivity contribution in [1.82, 2.24) is 14.8 Å². The summed E-state index contributed by atoms with van der Waals surface area (Å²) in [6, 6.07) is 24.7. The lowest BCUT2D eigenvalue weighted by Gasteiger charge is -2.19. The minimum Gasteiger partial charge on any atom is -0.270 e. The molecule has 0 spiro atoms. The van der Waals surface area contributed by atoms with E-state index in [0.29, 0.717) is 5.02 Å². The third kappa shape index (κ3) is 5.22. The molecular formula is C25H23BrClN3S. The van der Waals surface area contributed by atoms with E-state index in [4.69, 9.17) is 11.6 Å². The monoisotopic (exact) mass is 511 g/mol. The molecule has 0 amide bonds. The van der Waals surface area contributed by atoms with Crippen molar-refractivity contribution < 1.29 is 0 Å². The number of aromatic nitrogens is 3. The molecule has 158 valence electrons. The molecule has 0 aliphatic rings. The second-order valence-electron chi connectivity index (χ2n) is 8.36. The van der Waals surface area contributed by atoms with E-state index < -0.39 is 0 Å². The van der Waals surface area contributed by atoms with Crippen LogP contribution in [-0.4, -0.2) is 14.8 Å². The highest BCUT2D eigenvalue weighted by molar-refractivity contribution is 9.10. The van der Waals surface area contributed by atoms with Crippen LogP contribution in [0.25, 0.3) is 17.1 Å². The summed E-state index contributed by atoms with van der Waals surface area (Å²) >= 11 is 11.3. The highest BCUT2D eigenvalue weighted by Gasteiger charge is 2.18. The van der Waals surface area contributed by atoms with E-state index in [0.717, 1.165) is 32.5 Å². The Hall–Kier alpha value is -2.08. The van der Waals surface area contributed by atoms with Crippen LogP contribution in [0, 0.1) is 0 Å². The summed E-state index contributed by atoms with van der Waals surface area (Å²) in [5.74, 6) is 1.63. The highest BCUT2D eigenvalue weighted by atomic mass is 79.9. The second-order valence-corrected chi connectivity index (χ2v) is 10.7. The van der Waals surface area contributed by atoms with Crippen molar-refractivity contribution in [2.45, 2.75) is 37.1 Å². The SMILES string of the molecule is CC(C)(C)c1ccc(-c2nnc(SCc3ccc(Br)cc3)n2-c2ccc(Cl)cc2)cc1. The van der Waals surface area contributed by atoms with Crippen LogP contribution in [0.5, 0.6) is 0 Å². The molecule has 3 aromatic carbocycles. The number of benzene rings is 3. The van der Waals surface area contributed by atoms with Gasteiger partial charge in [-0.2, -0.15) is 0 Å². The topological polar surface area (TPSA) is 30.7 Å². The Morgan fingerprint density at radius 1 is 0.871 bits per heavy atom. The maximum atomic E-state index is 6.13. The summed E-state index contributed by atoms with van der Waals surface area (Å²) in [5.41, 5.74) is 4.65. The zero-order valence-corrected chi connectivity index (χ0v) is 20.8. The fourth-order valence-electron chi connectivity index (χ4n) is 3.22. The van der Waals surface area contributed by atoms with E-state index >= 15 is 0 Å². The number of hydrogen-bond acceptors (Lipinski definition) is 3. The summed E-state index contributed by atoms with van der Waals surface area (Å²) in [5, 5.41) is 10.6. The van der Waals surface area contributed by atoms with Gasteiger partial charge in [0.15, 0.2) is 11.0 Å². The molecule has 0 unspecified atom stereocenters. The number of halogens is 2. The molecule has 0 radical (unpaired) electrons. The Morgan fingerprint density at radius 3 is 2.13 bits per heavy atom. The molecule has 0 N–H and O–H groups in total. The fourth-order valence-corrected chi connectivity index (χ4v) is 4.52. The molecule has 4 aromatic rings. The number of nitrogens with zero attached hydrogens (tertiary/aromatic N) is 3. The maximum Gasteiger partial charge on any atom is 0.196 e. The molecule has 0 saturated carbocycles. The molecule has 1 heterocycles. The number of hydrogen-bond donors (Lipinski definition) is 0. The summed E-state index contributed by atoms with van der Waals surface area (Å²) < 4.78 is 3.18. The van der Waals surface area contributed by atoms with Crippen LogP contribution in [-0.2, 0) is 11.2 Å². The summed E-state index contributed by atoms with van der Waals surface area (Å²) in [6.07, 6.45) is 0. The summed E-state index contributed by atoms with van der Waals surface area (Å²) in [4.78, 5) is 0. The van der Waals surface area contributed by atoms with Crippen LogP contribution >= 0.6 is 39.3 Å². The predicted octanol–water partition coefficient (Wildman–Crippen LogP) is 7.94. The molecule has 0 saturated heterocycles. The van der Waals surface area contributed by atoms with Gasteiger partial charge in [0.1, 0.15) is 0 Å². The van der Waals surface area contributed by atoms with Crippen molar-refractivity contribution >= 4 is 39.3 Å². The third-order valence-corrected chi connectivity index (χ3v) is 6.79. The second kappa shape index (κ2) is 9.19. The average molecular weight is 513 g/mol. The zero-order valence-electron chi connectivity index (χ0n) is 17.6. The van der Waals surface area contributed by atoms with Gasteiger partial charge in [0.25, 0.3) is 0 Å². The smallest absolute Gasteiger partial charge is 0.196 e. The molecule has 0 atom stereocenters. The molecule has 3 nitrogen and oxygen atoms in total. The molecule has 0 aliphatic carbocycles. The van der Waals surface area contributed by atoms with Gasteiger partial charge in [-0.3, -0.25) is 4.57 Å². The highest BCUT2D eigenvalue weighted by Crippen LogP contribution is 2.32. The fraction of sp³-hybridized carbons (Fsp3) is 0.200. The van der Waals surface area contributed by atoms with E-state index in [1.54, 1.807) is 11.8 Å². The van der Waals surface area contributed by atoms with Crippen molar-refractivity contribution in [2.75, 3.05) is 0 Å². The van der Waals surface area contributed by atoms with Gasteiger partial charge in [-0.1, -0.05) is 96.5 Å². The lowest BCUT2D eigenvalue weighted by Crippen LogP contribution is -2.10. The van der Waals surface area contributed by atoms with Gasteiger partial charge in [0, 0.05) is 26.5 Å². The molecule has 31 heavy (non-hydrogen) atoms. The maximum absolute atomic E-state index is 6.13. The van der Waals surface area contributed by atoms with Gasteiger partial charge < -0.3 is 0 Å². The van der Waals surface area contributed by atoms with E-state index in [1.165, 1.54) is 11.1 Å². The van der Waals surface area contributed by atoms with Crippen molar-refractivity contribution in [3.63, 3.8) is 0 Å². The van der Waals surface area contributed by atoms with Crippen LogP contribution in [0.4, 0.5) is 0 Å². The van der Waals surface area contributed by atoms with Crippen LogP contribution < -0.4 is 0 Å². The van der Waals surface area contributed by atoms with Crippen LogP contribution in [0.15, 0.2) is 82.4 Å². The third-order valence-electron chi connectivity index (χ3n) is 5.01. The van der Waals surface area contributed by atoms with Gasteiger partial charge in [0.05, 0.1) is 0 Å². The molecule has 6 heteroatoms. The lowest BCUT2D eigenvalue weighted by atomic mass is 9.87. The van der Waals surface area contributed by atoms with Crippen LogP contribution in [0.3, 0.4) is 0 Å². The van der Waals surface area contributed by atoms with Gasteiger partial charge in [0.2, 0.25) is 0 Å². The Morgan fingerprint density at radius 2 is 1.52 bits per heavy atom. The largest absolute Gasteiger partial charge is 0.270 e. The van der Waals surface area contributed by atoms with E-state index in [-0.39, 0.29) is 5.41 Å². The Labute approximate surface area is 201 Å². The lowest BCUT2D eigenvalue weighted by molar-refractivity contribution is 0.590. The number of thioether (sulfide) groups is 1. The van der Waals surface area contributed by atoms with Crippen LogP contribution in [0.2, 0.25) is 5.02 Å². The van der Waals surface area contributed by atoms with Crippen molar-refractivity contribution in [3.05, 3.63) is 93.4 Å². The Kier molecular flexibility index (Phi) is 6.56. The molecule has 0 bridgehead atoms. The first-order valence-corrected chi connectivity index (χ1v) is 12.2. The van der Waals surface area contributed by atoms with Crippen molar-refractivity contribution in [2.24, 2.45) is 0 Å². The van der Waals surface area contributed by atoms with Gasteiger partial charge in [-0.05, 0) is 52.9 Å². The van der Waals surface area contributed by atoms with E-state index in [9.17, 15) is 0 Å². The van der Waals surface area contributed by atoms with E-state index in [1.807, 2.05) is 24.3 Å². The average Bonchev–Trinajstić information content (AvgIpc) is 3.17. The van der Waals surface area contributed by atoms with Gasteiger partial charge in [-0.15, -0.1) is 10.2 Å². The standard InChI is InChI=1S/C25H23BrClN3S/c1-25(2,3)19-8-6-18(7-9-19)23-28-29-24(30(23)22-14-12-21(27)13-15-22)31-16-17-4-10-20(26)11-5-17/h4-15H,16H2,1-3H3. The van der Waals surface area contributed by atoms with Gasteiger partial charge >= 0.3 is 0 Å². The molecule has 0 fully saturated rings. The first-order chi connectivity index (χ1) is 14.8. The van der Waals surface area contributed by atoms with E-state index in [2.05, 4.69) is 100.0 Å².